The van der Waals surface area contributed by atoms with Crippen LogP contribution in [0.2, 0.25) is 0 Å². The minimum absolute atomic E-state index is 0.0308. The van der Waals surface area contributed by atoms with E-state index in [-0.39, 0.29) is 6.42 Å². The first-order chi connectivity index (χ1) is 7.06. The molecule has 0 heterocycles. The number of hydrogen-bond donors (Lipinski definition) is 1. The monoisotopic (exact) mass is 212 g/mol. The van der Waals surface area contributed by atoms with E-state index < -0.39 is 12.0 Å². The van der Waals surface area contributed by atoms with Gasteiger partial charge in [-0.1, -0.05) is 36.9 Å². The summed E-state index contributed by atoms with van der Waals surface area (Å²) >= 11 is 0. The van der Waals surface area contributed by atoms with Crippen molar-refractivity contribution in [3.63, 3.8) is 0 Å². The SMILES string of the molecule is C=CC(F)(F)C(O)CCc1ccccc1. The third-order valence-corrected chi connectivity index (χ3v) is 2.27. The molecule has 1 rings (SSSR count). The lowest BCUT2D eigenvalue weighted by Crippen LogP contribution is -2.31. The number of benzene rings is 1. The van der Waals surface area contributed by atoms with Crippen molar-refractivity contribution in [2.24, 2.45) is 0 Å². The van der Waals surface area contributed by atoms with Gasteiger partial charge in [-0.25, -0.2) is 0 Å². The summed E-state index contributed by atoms with van der Waals surface area (Å²) in [5, 5.41) is 9.22. The van der Waals surface area contributed by atoms with Gasteiger partial charge in [-0.05, 0) is 24.5 Å². The third kappa shape index (κ3) is 3.44. The van der Waals surface area contributed by atoms with Crippen molar-refractivity contribution in [2.75, 3.05) is 0 Å². The summed E-state index contributed by atoms with van der Waals surface area (Å²) in [7, 11) is 0. The first-order valence-corrected chi connectivity index (χ1v) is 4.79. The molecular formula is C12H14F2O. The van der Waals surface area contributed by atoms with Gasteiger partial charge in [-0.2, -0.15) is 8.78 Å². The normalized spacial score (nSPS) is 13.5. The lowest BCUT2D eigenvalue weighted by molar-refractivity contribution is -0.0719. The second-order valence-electron chi connectivity index (χ2n) is 3.42. The molecular weight excluding hydrogens is 198 g/mol. The molecule has 0 fully saturated rings. The topological polar surface area (TPSA) is 20.2 Å². The molecule has 1 aromatic carbocycles. The highest BCUT2D eigenvalue weighted by atomic mass is 19.3. The van der Waals surface area contributed by atoms with E-state index in [1.807, 2.05) is 30.3 Å². The van der Waals surface area contributed by atoms with Gasteiger partial charge in [0, 0.05) is 0 Å². The van der Waals surface area contributed by atoms with Gasteiger partial charge in [0.15, 0.2) is 0 Å². The van der Waals surface area contributed by atoms with E-state index in [0.717, 1.165) is 5.56 Å². The first kappa shape index (κ1) is 11.9. The summed E-state index contributed by atoms with van der Waals surface area (Å²) in [5.74, 6) is -3.20. The lowest BCUT2D eigenvalue weighted by atomic mass is 10.0. The first-order valence-electron chi connectivity index (χ1n) is 4.79. The van der Waals surface area contributed by atoms with Crippen molar-refractivity contribution in [1.29, 1.82) is 0 Å². The molecule has 3 heteroatoms. The summed E-state index contributed by atoms with van der Waals surface area (Å²) < 4.78 is 25.8. The van der Waals surface area contributed by atoms with Crippen LogP contribution < -0.4 is 0 Å². The van der Waals surface area contributed by atoms with Gasteiger partial charge in [-0.3, -0.25) is 0 Å². The van der Waals surface area contributed by atoms with E-state index in [2.05, 4.69) is 6.58 Å². The Hall–Kier alpha value is -1.22. The van der Waals surface area contributed by atoms with Crippen molar-refractivity contribution in [3.05, 3.63) is 48.6 Å². The number of alkyl halides is 2. The van der Waals surface area contributed by atoms with Crippen molar-refractivity contribution >= 4 is 0 Å². The minimum Gasteiger partial charge on any atom is -0.386 e. The number of rotatable bonds is 5. The summed E-state index contributed by atoms with van der Waals surface area (Å²) in [6.45, 7) is 3.00. The van der Waals surface area contributed by atoms with Crippen LogP contribution in [0.3, 0.4) is 0 Å². The van der Waals surface area contributed by atoms with Crippen LogP contribution in [0.4, 0.5) is 8.78 Å². The van der Waals surface area contributed by atoms with Gasteiger partial charge in [-0.15, -0.1) is 0 Å². The second kappa shape index (κ2) is 5.03. The van der Waals surface area contributed by atoms with Crippen molar-refractivity contribution in [3.8, 4) is 0 Å². The average Bonchev–Trinajstić information content (AvgIpc) is 2.27. The van der Waals surface area contributed by atoms with E-state index >= 15 is 0 Å². The molecule has 0 aliphatic carbocycles. The standard InChI is InChI=1S/C12H14F2O/c1-2-12(13,14)11(15)9-8-10-6-4-3-5-7-10/h2-7,11,15H,1,8-9H2. The molecule has 0 saturated carbocycles. The van der Waals surface area contributed by atoms with E-state index in [1.54, 1.807) is 0 Å². The molecule has 0 aromatic heterocycles. The molecule has 0 bridgehead atoms. The number of aliphatic hydroxyl groups is 1. The Bertz CT molecular complexity index is 309. The van der Waals surface area contributed by atoms with E-state index in [4.69, 9.17) is 0 Å². The summed E-state index contributed by atoms with van der Waals surface area (Å²) in [6, 6.07) is 9.23. The minimum atomic E-state index is -3.20. The fraction of sp³-hybridized carbons (Fsp3) is 0.333. The van der Waals surface area contributed by atoms with Gasteiger partial charge >= 0.3 is 0 Å². The number of halogens is 2. The number of hydrogen-bond acceptors (Lipinski definition) is 1. The molecule has 1 N–H and O–H groups in total. The van der Waals surface area contributed by atoms with Gasteiger partial charge in [0.05, 0.1) is 0 Å². The molecule has 0 aliphatic rings. The Kier molecular flexibility index (Phi) is 3.97. The zero-order valence-corrected chi connectivity index (χ0v) is 8.37. The van der Waals surface area contributed by atoms with Crippen LogP contribution in [0.5, 0.6) is 0 Å². The highest BCUT2D eigenvalue weighted by Gasteiger charge is 2.33. The Balaban J connectivity index is 2.48. The predicted octanol–water partition coefficient (Wildman–Crippen LogP) is 2.80. The molecule has 82 valence electrons. The van der Waals surface area contributed by atoms with E-state index in [9.17, 15) is 13.9 Å². The smallest absolute Gasteiger partial charge is 0.291 e. The van der Waals surface area contributed by atoms with Gasteiger partial charge in [0.25, 0.3) is 5.92 Å². The van der Waals surface area contributed by atoms with Crippen LogP contribution in [0.1, 0.15) is 12.0 Å². The van der Waals surface area contributed by atoms with Crippen LogP contribution in [-0.4, -0.2) is 17.1 Å². The predicted molar refractivity (Wildman–Crippen MR) is 55.9 cm³/mol. The maximum Gasteiger partial charge on any atom is 0.291 e. The van der Waals surface area contributed by atoms with Crippen molar-refractivity contribution < 1.29 is 13.9 Å². The van der Waals surface area contributed by atoms with Crippen molar-refractivity contribution in [1.82, 2.24) is 0 Å². The summed E-state index contributed by atoms with van der Waals surface area (Å²) in [5.41, 5.74) is 0.941. The van der Waals surface area contributed by atoms with Crippen LogP contribution in [0, 0.1) is 0 Å². The Morgan fingerprint density at radius 1 is 1.33 bits per heavy atom. The molecule has 1 aromatic rings. The van der Waals surface area contributed by atoms with E-state index in [0.29, 0.717) is 12.5 Å². The molecule has 0 amide bonds. The Labute approximate surface area is 88.1 Å². The van der Waals surface area contributed by atoms with Gasteiger partial charge in [0.1, 0.15) is 6.10 Å². The Morgan fingerprint density at radius 2 is 1.93 bits per heavy atom. The zero-order valence-electron chi connectivity index (χ0n) is 8.37. The molecule has 1 nitrogen and oxygen atoms in total. The average molecular weight is 212 g/mol. The van der Waals surface area contributed by atoms with E-state index in [1.165, 1.54) is 0 Å². The maximum atomic E-state index is 12.9. The van der Waals surface area contributed by atoms with Crippen LogP contribution in [0.15, 0.2) is 43.0 Å². The highest BCUT2D eigenvalue weighted by Crippen LogP contribution is 2.23. The third-order valence-electron chi connectivity index (χ3n) is 2.27. The molecule has 15 heavy (non-hydrogen) atoms. The molecule has 0 radical (unpaired) electrons. The van der Waals surface area contributed by atoms with Crippen LogP contribution >= 0.6 is 0 Å². The molecule has 0 aliphatic heterocycles. The number of aliphatic hydroxyl groups excluding tert-OH is 1. The fourth-order valence-electron chi connectivity index (χ4n) is 1.28. The summed E-state index contributed by atoms with van der Waals surface area (Å²) in [4.78, 5) is 0. The van der Waals surface area contributed by atoms with Crippen LogP contribution in [0.25, 0.3) is 0 Å². The maximum absolute atomic E-state index is 12.9. The molecule has 0 saturated heterocycles. The number of aryl methyl sites for hydroxylation is 1. The second-order valence-corrected chi connectivity index (χ2v) is 3.42. The quantitative estimate of drug-likeness (QED) is 0.744. The molecule has 0 spiro atoms. The van der Waals surface area contributed by atoms with Crippen LogP contribution in [-0.2, 0) is 6.42 Å². The zero-order chi connectivity index (χ0) is 11.3. The molecule has 1 atom stereocenters. The van der Waals surface area contributed by atoms with Gasteiger partial charge < -0.3 is 5.11 Å². The largest absolute Gasteiger partial charge is 0.386 e. The molecule has 1 unspecified atom stereocenters. The van der Waals surface area contributed by atoms with Gasteiger partial charge in [0.2, 0.25) is 0 Å². The summed E-state index contributed by atoms with van der Waals surface area (Å²) in [6.07, 6.45) is -0.702. The highest BCUT2D eigenvalue weighted by molar-refractivity contribution is 5.15. The fourth-order valence-corrected chi connectivity index (χ4v) is 1.28. The van der Waals surface area contributed by atoms with Crippen molar-refractivity contribution in [2.45, 2.75) is 24.9 Å². The Morgan fingerprint density at radius 3 is 2.47 bits per heavy atom. The lowest BCUT2D eigenvalue weighted by Gasteiger charge is -2.18.